The minimum atomic E-state index is 0.226. The summed E-state index contributed by atoms with van der Waals surface area (Å²) >= 11 is 0. The van der Waals surface area contributed by atoms with Gasteiger partial charge in [-0.05, 0) is 50.1 Å². The van der Waals surface area contributed by atoms with Crippen LogP contribution in [0.1, 0.15) is 31.4 Å². The van der Waals surface area contributed by atoms with E-state index in [1.54, 1.807) is 12.1 Å². The number of allylic oxidation sites excluding steroid dienone is 2. The Labute approximate surface area is 114 Å². The van der Waals surface area contributed by atoms with E-state index in [1.807, 2.05) is 32.9 Å². The van der Waals surface area contributed by atoms with E-state index in [0.717, 1.165) is 22.4 Å². The number of benzene rings is 1. The molecule has 4 nitrogen and oxygen atoms in total. The summed E-state index contributed by atoms with van der Waals surface area (Å²) in [4.78, 5) is 0. The van der Waals surface area contributed by atoms with Crippen molar-refractivity contribution < 1.29 is 5.11 Å². The van der Waals surface area contributed by atoms with Gasteiger partial charge in [0.2, 0.25) is 0 Å². The van der Waals surface area contributed by atoms with Gasteiger partial charge in [0, 0.05) is 12.1 Å². The summed E-state index contributed by atoms with van der Waals surface area (Å²) in [5.41, 5.74) is 6.50. The van der Waals surface area contributed by atoms with Crippen LogP contribution in [0.5, 0.6) is 5.75 Å². The van der Waals surface area contributed by atoms with Crippen molar-refractivity contribution >= 4 is 5.71 Å². The van der Waals surface area contributed by atoms with Gasteiger partial charge in [-0.25, -0.2) is 0 Å². The second-order valence-electron chi connectivity index (χ2n) is 4.31. The summed E-state index contributed by atoms with van der Waals surface area (Å²) < 4.78 is 0. The summed E-state index contributed by atoms with van der Waals surface area (Å²) in [6, 6.07) is 7.41. The standard InChI is InChI=1S/C15H19N3O/c1-4-12(3)15(18-17-7-5-6-16)13-8-11(2)9-14(19)10-13/h4,8-10,17,19H,5,7H2,1-3H3/b12-4-,18-15+. The molecule has 0 aromatic heterocycles. The lowest BCUT2D eigenvalue weighted by Gasteiger charge is -2.09. The molecule has 0 heterocycles. The Morgan fingerprint density at radius 2 is 2.21 bits per heavy atom. The maximum absolute atomic E-state index is 9.67. The average Bonchev–Trinajstić information content (AvgIpc) is 2.37. The van der Waals surface area contributed by atoms with Crippen LogP contribution in [0.15, 0.2) is 34.9 Å². The predicted octanol–water partition coefficient (Wildman–Crippen LogP) is 2.87. The maximum Gasteiger partial charge on any atom is 0.116 e. The van der Waals surface area contributed by atoms with Crippen molar-refractivity contribution in [1.82, 2.24) is 5.43 Å². The van der Waals surface area contributed by atoms with Crippen LogP contribution in [0.3, 0.4) is 0 Å². The number of nitriles is 1. The molecule has 1 aromatic rings. The predicted molar refractivity (Wildman–Crippen MR) is 77.0 cm³/mol. The maximum atomic E-state index is 9.67. The van der Waals surface area contributed by atoms with Crippen LogP contribution in [0.2, 0.25) is 0 Å². The highest BCUT2D eigenvalue weighted by Gasteiger charge is 2.07. The van der Waals surface area contributed by atoms with E-state index in [-0.39, 0.29) is 5.75 Å². The van der Waals surface area contributed by atoms with Crippen LogP contribution in [0.4, 0.5) is 0 Å². The number of aryl methyl sites for hydroxylation is 1. The van der Waals surface area contributed by atoms with Crippen LogP contribution < -0.4 is 5.43 Å². The summed E-state index contributed by atoms with van der Waals surface area (Å²) in [5, 5.41) is 22.5. The molecule has 0 saturated carbocycles. The van der Waals surface area contributed by atoms with Crippen LogP contribution in [-0.2, 0) is 0 Å². The van der Waals surface area contributed by atoms with Crippen molar-refractivity contribution in [2.24, 2.45) is 5.10 Å². The molecule has 0 unspecified atom stereocenters. The molecule has 0 radical (unpaired) electrons. The van der Waals surface area contributed by atoms with Crippen molar-refractivity contribution in [3.8, 4) is 11.8 Å². The third-order valence-corrected chi connectivity index (χ3v) is 2.68. The van der Waals surface area contributed by atoms with Crippen LogP contribution in [-0.4, -0.2) is 17.4 Å². The first kappa shape index (κ1) is 14.8. The van der Waals surface area contributed by atoms with Gasteiger partial charge >= 0.3 is 0 Å². The molecule has 4 heteroatoms. The van der Waals surface area contributed by atoms with Crippen molar-refractivity contribution in [3.05, 3.63) is 41.0 Å². The van der Waals surface area contributed by atoms with E-state index in [1.165, 1.54) is 0 Å². The minimum absolute atomic E-state index is 0.226. The zero-order valence-corrected chi connectivity index (χ0v) is 11.6. The molecule has 19 heavy (non-hydrogen) atoms. The molecule has 1 rings (SSSR count). The molecular formula is C15H19N3O. The Morgan fingerprint density at radius 3 is 2.79 bits per heavy atom. The number of nitrogens with zero attached hydrogens (tertiary/aromatic N) is 2. The fourth-order valence-corrected chi connectivity index (χ4v) is 1.66. The van der Waals surface area contributed by atoms with Crippen LogP contribution >= 0.6 is 0 Å². The fraction of sp³-hybridized carbons (Fsp3) is 0.333. The highest BCUT2D eigenvalue weighted by Crippen LogP contribution is 2.18. The molecule has 1 aromatic carbocycles. The van der Waals surface area contributed by atoms with E-state index in [4.69, 9.17) is 5.26 Å². The number of hydrogen-bond donors (Lipinski definition) is 2. The van der Waals surface area contributed by atoms with Gasteiger partial charge in [0.25, 0.3) is 0 Å². The normalized spacial score (nSPS) is 12.1. The fourth-order valence-electron chi connectivity index (χ4n) is 1.66. The highest BCUT2D eigenvalue weighted by molar-refractivity contribution is 6.12. The Balaban J connectivity index is 3.07. The number of aromatic hydroxyl groups is 1. The molecule has 0 atom stereocenters. The number of nitrogens with one attached hydrogen (secondary N) is 1. The molecule has 0 aliphatic rings. The molecule has 0 spiro atoms. The zero-order chi connectivity index (χ0) is 14.3. The molecule has 2 N–H and O–H groups in total. The van der Waals surface area contributed by atoms with Crippen LogP contribution in [0, 0.1) is 18.3 Å². The van der Waals surface area contributed by atoms with E-state index in [0.29, 0.717) is 13.0 Å². The molecule has 100 valence electrons. The van der Waals surface area contributed by atoms with Crippen LogP contribution in [0.25, 0.3) is 0 Å². The zero-order valence-electron chi connectivity index (χ0n) is 11.6. The number of rotatable bonds is 5. The van der Waals surface area contributed by atoms with Crippen molar-refractivity contribution in [2.45, 2.75) is 27.2 Å². The van der Waals surface area contributed by atoms with Gasteiger partial charge in [-0.2, -0.15) is 10.4 Å². The molecule has 0 bridgehead atoms. The molecule has 0 saturated heterocycles. The first-order chi connectivity index (χ1) is 9.08. The number of hydrogen-bond acceptors (Lipinski definition) is 4. The summed E-state index contributed by atoms with van der Waals surface area (Å²) in [6.45, 7) is 6.34. The van der Waals surface area contributed by atoms with Gasteiger partial charge in [-0.15, -0.1) is 0 Å². The molecular weight excluding hydrogens is 238 g/mol. The summed E-state index contributed by atoms with van der Waals surface area (Å²) in [7, 11) is 0. The SMILES string of the molecule is C/C=C(C)\C(=N/NCCC#N)c1cc(C)cc(O)c1. The monoisotopic (exact) mass is 257 g/mol. The molecule has 0 aliphatic carbocycles. The number of phenols is 1. The first-order valence-electron chi connectivity index (χ1n) is 6.20. The van der Waals surface area contributed by atoms with Gasteiger partial charge in [0.05, 0.1) is 18.2 Å². The van der Waals surface area contributed by atoms with Gasteiger partial charge in [0.15, 0.2) is 0 Å². The van der Waals surface area contributed by atoms with Gasteiger partial charge < -0.3 is 10.5 Å². The molecule has 0 aliphatic heterocycles. The third-order valence-electron chi connectivity index (χ3n) is 2.68. The van der Waals surface area contributed by atoms with Crippen molar-refractivity contribution in [3.63, 3.8) is 0 Å². The average molecular weight is 257 g/mol. The smallest absolute Gasteiger partial charge is 0.116 e. The lowest BCUT2D eigenvalue weighted by molar-refractivity contribution is 0.475. The van der Waals surface area contributed by atoms with E-state index < -0.39 is 0 Å². The second kappa shape index (κ2) is 7.22. The van der Waals surface area contributed by atoms with Crippen molar-refractivity contribution in [1.29, 1.82) is 5.26 Å². The van der Waals surface area contributed by atoms with Gasteiger partial charge in [0.1, 0.15) is 5.75 Å². The quantitative estimate of drug-likeness (QED) is 0.484. The Morgan fingerprint density at radius 1 is 1.47 bits per heavy atom. The largest absolute Gasteiger partial charge is 0.508 e. The first-order valence-corrected chi connectivity index (χ1v) is 6.20. The summed E-state index contributed by atoms with van der Waals surface area (Å²) in [5.74, 6) is 0.226. The summed E-state index contributed by atoms with van der Waals surface area (Å²) in [6.07, 6.45) is 2.37. The topological polar surface area (TPSA) is 68.4 Å². The minimum Gasteiger partial charge on any atom is -0.508 e. The van der Waals surface area contributed by atoms with E-state index in [2.05, 4.69) is 16.6 Å². The highest BCUT2D eigenvalue weighted by atomic mass is 16.3. The number of hydrazone groups is 1. The third kappa shape index (κ3) is 4.47. The Hall–Kier alpha value is -2.28. The lowest BCUT2D eigenvalue weighted by Crippen LogP contribution is -2.13. The van der Waals surface area contributed by atoms with Gasteiger partial charge in [-0.1, -0.05) is 6.08 Å². The van der Waals surface area contributed by atoms with E-state index in [9.17, 15) is 5.11 Å². The van der Waals surface area contributed by atoms with E-state index >= 15 is 0 Å². The Kier molecular flexibility index (Phi) is 5.62. The lowest BCUT2D eigenvalue weighted by atomic mass is 10.0. The van der Waals surface area contributed by atoms with Gasteiger partial charge in [-0.3, -0.25) is 0 Å². The molecule has 0 amide bonds. The molecule has 0 fully saturated rings. The Bertz CT molecular complexity index is 519. The van der Waals surface area contributed by atoms with Crippen molar-refractivity contribution in [2.75, 3.05) is 6.54 Å². The number of phenolic OH excluding ortho intramolecular Hbond substituents is 1. The second-order valence-corrected chi connectivity index (χ2v) is 4.31.